The van der Waals surface area contributed by atoms with Gasteiger partial charge in [-0.15, -0.1) is 0 Å². The highest BCUT2D eigenvalue weighted by Crippen LogP contribution is 2.44. The van der Waals surface area contributed by atoms with Gasteiger partial charge in [0.2, 0.25) is 5.91 Å². The molecule has 1 aliphatic carbocycles. The van der Waals surface area contributed by atoms with Crippen LogP contribution in [-0.2, 0) is 14.3 Å². The molecule has 0 unspecified atom stereocenters. The maximum Gasteiger partial charge on any atom is 0.407 e. The van der Waals surface area contributed by atoms with Crippen LogP contribution in [0.25, 0.3) is 11.1 Å². The van der Waals surface area contributed by atoms with Crippen LogP contribution < -0.4 is 10.6 Å². The van der Waals surface area contributed by atoms with Gasteiger partial charge in [0.05, 0.1) is 0 Å². The number of ether oxygens (including phenoxy) is 1. The molecule has 3 rings (SSSR count). The van der Waals surface area contributed by atoms with E-state index in [1.54, 1.807) is 0 Å². The van der Waals surface area contributed by atoms with Gasteiger partial charge >= 0.3 is 12.1 Å². The second kappa shape index (κ2) is 9.89. The Hall–Kier alpha value is -3.39. The van der Waals surface area contributed by atoms with E-state index in [-0.39, 0.29) is 38.5 Å². The van der Waals surface area contributed by atoms with Gasteiger partial charge in [0.15, 0.2) is 0 Å². The summed E-state index contributed by atoms with van der Waals surface area (Å²) < 4.78 is 5.37. The van der Waals surface area contributed by atoms with Crippen molar-refractivity contribution in [2.45, 2.75) is 24.8 Å². The number of carbonyl (C=O) groups excluding carboxylic acids is 2. The van der Waals surface area contributed by atoms with Crippen LogP contribution in [0.4, 0.5) is 4.79 Å². The Balaban J connectivity index is 1.48. The molecule has 0 radical (unpaired) electrons. The molecule has 2 aromatic rings. The molecule has 0 spiro atoms. The number of hydrogen-bond donors (Lipinski definition) is 4. The lowest BCUT2D eigenvalue weighted by Crippen LogP contribution is -2.42. The molecule has 0 fully saturated rings. The fourth-order valence-electron chi connectivity index (χ4n) is 3.58. The lowest BCUT2D eigenvalue weighted by molar-refractivity contribution is -0.142. The topological polar surface area (TPSA) is 125 Å². The van der Waals surface area contributed by atoms with Gasteiger partial charge in [-0.25, -0.2) is 9.59 Å². The number of carbonyl (C=O) groups is 3. The fraction of sp³-hybridized carbons (Fsp3) is 0.318. The first-order valence-corrected chi connectivity index (χ1v) is 9.73. The molecule has 4 N–H and O–H groups in total. The maximum atomic E-state index is 12.0. The van der Waals surface area contributed by atoms with Crippen LogP contribution in [0.5, 0.6) is 0 Å². The zero-order chi connectivity index (χ0) is 21.5. The van der Waals surface area contributed by atoms with Crippen LogP contribution in [0.2, 0.25) is 0 Å². The molecule has 1 aliphatic rings. The van der Waals surface area contributed by atoms with Gasteiger partial charge in [-0.1, -0.05) is 48.5 Å². The number of benzene rings is 2. The van der Waals surface area contributed by atoms with Crippen LogP contribution in [0, 0.1) is 0 Å². The molecule has 0 heterocycles. The second-order valence-corrected chi connectivity index (χ2v) is 6.97. The molecule has 8 heteroatoms. The number of aliphatic hydroxyl groups is 1. The van der Waals surface area contributed by atoms with Crippen molar-refractivity contribution in [1.82, 2.24) is 10.6 Å². The van der Waals surface area contributed by atoms with Crippen LogP contribution >= 0.6 is 0 Å². The highest BCUT2D eigenvalue weighted by Gasteiger charge is 2.29. The third-order valence-electron chi connectivity index (χ3n) is 5.02. The van der Waals surface area contributed by atoms with E-state index in [0.717, 1.165) is 22.3 Å². The minimum atomic E-state index is -1.22. The summed E-state index contributed by atoms with van der Waals surface area (Å²) in [5, 5.41) is 22.6. The van der Waals surface area contributed by atoms with E-state index in [1.165, 1.54) is 0 Å². The van der Waals surface area contributed by atoms with E-state index in [2.05, 4.69) is 10.6 Å². The molecule has 0 aromatic heterocycles. The summed E-state index contributed by atoms with van der Waals surface area (Å²) in [4.78, 5) is 34.8. The number of rotatable bonds is 9. The van der Waals surface area contributed by atoms with E-state index >= 15 is 0 Å². The van der Waals surface area contributed by atoms with Gasteiger partial charge in [-0.05, 0) is 22.3 Å². The average Bonchev–Trinajstić information content (AvgIpc) is 3.06. The highest BCUT2D eigenvalue weighted by atomic mass is 16.5. The molecule has 0 saturated heterocycles. The Bertz CT molecular complexity index is 884. The third-order valence-corrected chi connectivity index (χ3v) is 5.02. The normalized spacial score (nSPS) is 13.1. The smallest absolute Gasteiger partial charge is 0.407 e. The van der Waals surface area contributed by atoms with Gasteiger partial charge in [0.25, 0.3) is 0 Å². The number of carboxylic acid groups (broad SMARTS) is 1. The Morgan fingerprint density at radius 3 is 2.17 bits per heavy atom. The van der Waals surface area contributed by atoms with E-state index in [9.17, 15) is 14.4 Å². The van der Waals surface area contributed by atoms with E-state index in [4.69, 9.17) is 14.9 Å². The van der Waals surface area contributed by atoms with E-state index < -0.39 is 24.0 Å². The summed E-state index contributed by atoms with van der Waals surface area (Å²) in [7, 11) is 0. The van der Waals surface area contributed by atoms with Crippen molar-refractivity contribution in [1.29, 1.82) is 0 Å². The van der Waals surface area contributed by atoms with Crippen molar-refractivity contribution >= 4 is 18.0 Å². The monoisotopic (exact) mass is 412 g/mol. The first-order chi connectivity index (χ1) is 14.5. The van der Waals surface area contributed by atoms with Crippen LogP contribution in [0.15, 0.2) is 48.5 Å². The number of amides is 2. The molecule has 2 aromatic carbocycles. The Morgan fingerprint density at radius 1 is 1.00 bits per heavy atom. The molecular weight excluding hydrogens is 388 g/mol. The SMILES string of the molecule is O=C(CCNC(=O)OCC1c2ccccc2-c2ccccc21)N[C@@H](CCO)C(=O)O. The number of hydrogen-bond acceptors (Lipinski definition) is 5. The molecule has 2 amide bonds. The Kier molecular flexibility index (Phi) is 7.03. The zero-order valence-corrected chi connectivity index (χ0v) is 16.3. The molecular formula is C22H24N2O6. The lowest BCUT2D eigenvalue weighted by atomic mass is 9.98. The van der Waals surface area contributed by atoms with Crippen molar-refractivity contribution in [2.75, 3.05) is 19.8 Å². The molecule has 1 atom stereocenters. The van der Waals surface area contributed by atoms with Gasteiger partial charge in [-0.3, -0.25) is 4.79 Å². The van der Waals surface area contributed by atoms with Gasteiger partial charge in [0.1, 0.15) is 12.6 Å². The largest absolute Gasteiger partial charge is 0.480 e. The predicted molar refractivity (Wildman–Crippen MR) is 109 cm³/mol. The van der Waals surface area contributed by atoms with E-state index in [1.807, 2.05) is 48.5 Å². The second-order valence-electron chi connectivity index (χ2n) is 6.97. The first-order valence-electron chi connectivity index (χ1n) is 9.73. The molecule has 0 aliphatic heterocycles. The third kappa shape index (κ3) is 4.96. The summed E-state index contributed by atoms with van der Waals surface area (Å²) in [5.74, 6) is -1.81. The maximum absolute atomic E-state index is 12.0. The Labute approximate surface area is 173 Å². The molecule has 0 saturated carbocycles. The van der Waals surface area contributed by atoms with Gasteiger partial charge in [0, 0.05) is 31.9 Å². The van der Waals surface area contributed by atoms with Crippen LogP contribution in [0.3, 0.4) is 0 Å². The standard InChI is InChI=1S/C22H24N2O6/c25-12-10-19(21(27)28)24-20(26)9-11-23-22(29)30-13-18-16-7-3-1-5-14(16)15-6-2-4-8-17(15)18/h1-8,18-19,25H,9-13H2,(H,23,29)(H,24,26)(H,27,28)/t19-/m0/s1. The molecule has 8 nitrogen and oxygen atoms in total. The Morgan fingerprint density at radius 2 is 1.60 bits per heavy atom. The number of carboxylic acids is 1. The average molecular weight is 412 g/mol. The number of fused-ring (bicyclic) bond motifs is 3. The van der Waals surface area contributed by atoms with Gasteiger partial charge < -0.3 is 25.6 Å². The van der Waals surface area contributed by atoms with Crippen molar-refractivity contribution in [3.05, 3.63) is 59.7 Å². The highest BCUT2D eigenvalue weighted by molar-refractivity contribution is 5.84. The van der Waals surface area contributed by atoms with Crippen molar-refractivity contribution in [3.8, 4) is 11.1 Å². The minimum Gasteiger partial charge on any atom is -0.480 e. The van der Waals surface area contributed by atoms with E-state index in [0.29, 0.717) is 0 Å². The zero-order valence-electron chi connectivity index (χ0n) is 16.3. The number of nitrogens with one attached hydrogen (secondary N) is 2. The number of aliphatic carboxylic acids is 1. The fourth-order valence-corrected chi connectivity index (χ4v) is 3.58. The van der Waals surface area contributed by atoms with Crippen molar-refractivity contribution < 1.29 is 29.3 Å². The molecule has 0 bridgehead atoms. The number of aliphatic hydroxyl groups excluding tert-OH is 1. The number of alkyl carbamates (subject to hydrolysis) is 1. The summed E-state index contributed by atoms with van der Waals surface area (Å²) >= 11 is 0. The molecule has 30 heavy (non-hydrogen) atoms. The summed E-state index contributed by atoms with van der Waals surface area (Å²) in [6, 6.07) is 14.9. The molecule has 158 valence electrons. The van der Waals surface area contributed by atoms with Crippen molar-refractivity contribution in [2.24, 2.45) is 0 Å². The summed E-state index contributed by atoms with van der Waals surface area (Å²) in [6.07, 6.45) is -0.824. The van der Waals surface area contributed by atoms with Crippen molar-refractivity contribution in [3.63, 3.8) is 0 Å². The summed E-state index contributed by atoms with van der Waals surface area (Å²) in [6.45, 7) is -0.174. The van der Waals surface area contributed by atoms with Gasteiger partial charge in [-0.2, -0.15) is 0 Å². The first kappa shape index (κ1) is 21.3. The quantitative estimate of drug-likeness (QED) is 0.498. The summed E-state index contributed by atoms with van der Waals surface area (Å²) in [5.41, 5.74) is 4.48. The van der Waals surface area contributed by atoms with Crippen LogP contribution in [-0.4, -0.2) is 54.0 Å². The van der Waals surface area contributed by atoms with Crippen LogP contribution in [0.1, 0.15) is 29.9 Å². The lowest BCUT2D eigenvalue weighted by Gasteiger charge is -2.15. The minimum absolute atomic E-state index is 0.00791. The predicted octanol–water partition coefficient (Wildman–Crippen LogP) is 1.87.